The Labute approximate surface area is 142 Å². The van der Waals surface area contributed by atoms with E-state index in [1.165, 1.54) is 21.3 Å². The predicted octanol–water partition coefficient (Wildman–Crippen LogP) is 0.816. The van der Waals surface area contributed by atoms with Gasteiger partial charge in [-0.05, 0) is 24.3 Å². The molecule has 1 aromatic rings. The second-order valence-electron chi connectivity index (χ2n) is 5.60. The van der Waals surface area contributed by atoms with E-state index in [4.69, 9.17) is 0 Å². The average molecular weight is 353 g/mol. The number of anilines is 1. The highest BCUT2D eigenvalue weighted by atomic mass is 32.2. The fourth-order valence-corrected chi connectivity index (χ4v) is 4.31. The van der Waals surface area contributed by atoms with Crippen LogP contribution in [0.3, 0.4) is 0 Å². The van der Waals surface area contributed by atoms with Crippen LogP contribution < -0.4 is 10.2 Å². The summed E-state index contributed by atoms with van der Waals surface area (Å²) in [5.74, 6) is -0.670. The van der Waals surface area contributed by atoms with Crippen molar-refractivity contribution < 1.29 is 18.0 Å². The lowest BCUT2D eigenvalue weighted by Crippen LogP contribution is -2.31. The zero-order valence-electron chi connectivity index (χ0n) is 14.2. The molecule has 2 amide bonds. The van der Waals surface area contributed by atoms with Gasteiger partial charge < -0.3 is 10.2 Å². The number of nitrogens with one attached hydrogen (secondary N) is 1. The fraction of sp³-hybridized carbons (Fsp3) is 0.500. The molecule has 0 saturated carbocycles. The predicted molar refractivity (Wildman–Crippen MR) is 91.1 cm³/mol. The Morgan fingerprint density at radius 2 is 1.83 bits per heavy atom. The minimum Gasteiger partial charge on any atom is -0.359 e. The Morgan fingerprint density at radius 3 is 2.33 bits per heavy atom. The van der Waals surface area contributed by atoms with Crippen LogP contribution in [0.4, 0.5) is 5.69 Å². The maximum atomic E-state index is 12.5. The molecule has 0 aromatic heterocycles. The largest absolute Gasteiger partial charge is 0.359 e. The Hall–Kier alpha value is -1.93. The lowest BCUT2D eigenvalue weighted by atomic mass is 10.1. The number of carbonyl (C=O) groups excluding carboxylic acids is 2. The number of sulfonamides is 1. The van der Waals surface area contributed by atoms with Gasteiger partial charge in [-0.25, -0.2) is 8.42 Å². The molecule has 8 heteroatoms. The Balaban J connectivity index is 2.21. The van der Waals surface area contributed by atoms with Crippen LogP contribution in [0.5, 0.6) is 0 Å². The molecule has 0 spiro atoms. The van der Waals surface area contributed by atoms with E-state index in [2.05, 4.69) is 5.32 Å². The number of hydrogen-bond donors (Lipinski definition) is 1. The van der Waals surface area contributed by atoms with Crippen molar-refractivity contribution in [1.29, 1.82) is 0 Å². The molecule has 2 rings (SSSR count). The Morgan fingerprint density at radius 1 is 1.25 bits per heavy atom. The van der Waals surface area contributed by atoms with Gasteiger partial charge in [-0.1, -0.05) is 13.8 Å². The van der Waals surface area contributed by atoms with Crippen molar-refractivity contribution in [3.8, 4) is 0 Å². The fourth-order valence-electron chi connectivity index (χ4n) is 2.85. The molecule has 1 aliphatic heterocycles. The lowest BCUT2D eigenvalue weighted by molar-refractivity contribution is -0.125. The highest BCUT2D eigenvalue weighted by molar-refractivity contribution is 7.89. The number of amides is 2. The maximum Gasteiger partial charge on any atom is 0.243 e. The number of rotatable bonds is 6. The molecule has 1 fully saturated rings. The van der Waals surface area contributed by atoms with E-state index in [9.17, 15) is 18.0 Å². The van der Waals surface area contributed by atoms with Gasteiger partial charge in [0.1, 0.15) is 0 Å². The molecule has 24 heavy (non-hydrogen) atoms. The van der Waals surface area contributed by atoms with Crippen LogP contribution in [0.15, 0.2) is 29.2 Å². The van der Waals surface area contributed by atoms with Crippen LogP contribution in [-0.4, -0.2) is 51.2 Å². The number of benzene rings is 1. The summed E-state index contributed by atoms with van der Waals surface area (Å²) in [6.45, 7) is 4.69. The molecule has 1 saturated heterocycles. The first kappa shape index (κ1) is 18.4. The third-order valence-electron chi connectivity index (χ3n) is 4.23. The molecular weight excluding hydrogens is 330 g/mol. The van der Waals surface area contributed by atoms with E-state index in [1.54, 1.807) is 33.0 Å². The zero-order valence-corrected chi connectivity index (χ0v) is 15.0. The second kappa shape index (κ2) is 7.31. The van der Waals surface area contributed by atoms with Crippen LogP contribution in [0.25, 0.3) is 0 Å². The topological polar surface area (TPSA) is 86.8 Å². The van der Waals surface area contributed by atoms with Crippen molar-refractivity contribution in [3.63, 3.8) is 0 Å². The molecule has 1 aromatic carbocycles. The van der Waals surface area contributed by atoms with E-state index in [1.807, 2.05) is 0 Å². The monoisotopic (exact) mass is 353 g/mol. The summed E-state index contributed by atoms with van der Waals surface area (Å²) in [4.78, 5) is 25.5. The van der Waals surface area contributed by atoms with Crippen molar-refractivity contribution in [3.05, 3.63) is 24.3 Å². The molecule has 0 radical (unpaired) electrons. The number of nitrogens with zero attached hydrogens (tertiary/aromatic N) is 2. The summed E-state index contributed by atoms with van der Waals surface area (Å²) < 4.78 is 26.3. The molecule has 132 valence electrons. The standard InChI is InChI=1S/C16H23N3O4S/c1-4-18(5-2)24(22,23)14-8-6-13(7-9-14)19-11-12(10-15(19)20)16(21)17-3/h6-9,12H,4-5,10-11H2,1-3H3,(H,17,21). The first-order valence-electron chi connectivity index (χ1n) is 7.97. The first-order valence-corrected chi connectivity index (χ1v) is 9.41. The summed E-state index contributed by atoms with van der Waals surface area (Å²) in [5.41, 5.74) is 0.602. The average Bonchev–Trinajstić information content (AvgIpc) is 2.97. The number of hydrogen-bond acceptors (Lipinski definition) is 4. The molecule has 1 N–H and O–H groups in total. The third-order valence-corrected chi connectivity index (χ3v) is 6.30. The van der Waals surface area contributed by atoms with Crippen LogP contribution in [-0.2, 0) is 19.6 Å². The smallest absolute Gasteiger partial charge is 0.243 e. The van der Waals surface area contributed by atoms with Gasteiger partial charge in [0.15, 0.2) is 0 Å². The summed E-state index contributed by atoms with van der Waals surface area (Å²) in [5, 5.41) is 2.55. The molecule has 1 aliphatic rings. The van der Waals surface area contributed by atoms with Crippen LogP contribution in [0, 0.1) is 5.92 Å². The normalized spacial score (nSPS) is 18.2. The highest BCUT2D eigenvalue weighted by Gasteiger charge is 2.34. The van der Waals surface area contributed by atoms with Gasteiger partial charge in [-0.15, -0.1) is 0 Å². The molecule has 0 aliphatic carbocycles. The van der Waals surface area contributed by atoms with Crippen molar-refractivity contribution >= 4 is 27.5 Å². The van der Waals surface area contributed by atoms with Crippen molar-refractivity contribution in [2.75, 3.05) is 31.6 Å². The summed E-state index contributed by atoms with van der Waals surface area (Å²) in [6.07, 6.45) is 0.166. The minimum atomic E-state index is -3.52. The molecular formula is C16H23N3O4S. The van der Waals surface area contributed by atoms with Gasteiger partial charge in [0.25, 0.3) is 0 Å². The van der Waals surface area contributed by atoms with E-state index < -0.39 is 10.0 Å². The van der Waals surface area contributed by atoms with Gasteiger partial charge in [0.05, 0.1) is 10.8 Å². The van der Waals surface area contributed by atoms with Crippen molar-refractivity contribution in [2.24, 2.45) is 5.92 Å². The first-order chi connectivity index (χ1) is 11.3. The molecule has 0 bridgehead atoms. The van der Waals surface area contributed by atoms with E-state index in [0.717, 1.165) is 0 Å². The highest BCUT2D eigenvalue weighted by Crippen LogP contribution is 2.27. The molecule has 1 heterocycles. The van der Waals surface area contributed by atoms with Gasteiger partial charge in [-0.3, -0.25) is 9.59 Å². The molecule has 1 unspecified atom stereocenters. The van der Waals surface area contributed by atoms with E-state index in [-0.39, 0.29) is 29.0 Å². The quantitative estimate of drug-likeness (QED) is 0.820. The minimum absolute atomic E-state index is 0.136. The maximum absolute atomic E-state index is 12.5. The molecule has 1 atom stereocenters. The van der Waals surface area contributed by atoms with Gasteiger partial charge in [-0.2, -0.15) is 4.31 Å². The van der Waals surface area contributed by atoms with Gasteiger partial charge in [0.2, 0.25) is 21.8 Å². The second-order valence-corrected chi connectivity index (χ2v) is 7.54. The summed E-state index contributed by atoms with van der Waals surface area (Å²) >= 11 is 0. The summed E-state index contributed by atoms with van der Waals surface area (Å²) in [7, 11) is -1.97. The van der Waals surface area contributed by atoms with Gasteiger partial charge in [0, 0.05) is 38.8 Å². The number of carbonyl (C=O) groups is 2. The Kier molecular flexibility index (Phi) is 5.61. The zero-order chi connectivity index (χ0) is 17.9. The van der Waals surface area contributed by atoms with E-state index in [0.29, 0.717) is 25.3 Å². The van der Waals surface area contributed by atoms with Crippen LogP contribution in [0.2, 0.25) is 0 Å². The van der Waals surface area contributed by atoms with Crippen molar-refractivity contribution in [2.45, 2.75) is 25.2 Å². The van der Waals surface area contributed by atoms with Crippen LogP contribution in [0.1, 0.15) is 20.3 Å². The van der Waals surface area contributed by atoms with E-state index >= 15 is 0 Å². The third kappa shape index (κ3) is 3.44. The lowest BCUT2D eigenvalue weighted by Gasteiger charge is -2.20. The van der Waals surface area contributed by atoms with Gasteiger partial charge >= 0.3 is 0 Å². The van der Waals surface area contributed by atoms with Crippen LogP contribution >= 0.6 is 0 Å². The molecule has 7 nitrogen and oxygen atoms in total. The van der Waals surface area contributed by atoms with Crippen molar-refractivity contribution in [1.82, 2.24) is 9.62 Å². The SMILES string of the molecule is CCN(CC)S(=O)(=O)c1ccc(N2CC(C(=O)NC)CC2=O)cc1. The Bertz CT molecular complexity index is 711. The summed E-state index contributed by atoms with van der Waals surface area (Å²) in [6, 6.07) is 6.23.